The molecule has 0 aliphatic rings. The summed E-state index contributed by atoms with van der Waals surface area (Å²) in [6.07, 6.45) is 1.70. The third-order valence-electron chi connectivity index (χ3n) is 4.20. The van der Waals surface area contributed by atoms with E-state index in [2.05, 4.69) is 4.98 Å². The van der Waals surface area contributed by atoms with Gasteiger partial charge in [0.05, 0.1) is 25.5 Å². The Morgan fingerprint density at radius 2 is 1.62 bits per heavy atom. The Kier molecular flexibility index (Phi) is 4.80. The number of aromatic nitrogens is 1. The summed E-state index contributed by atoms with van der Waals surface area (Å²) in [5.41, 5.74) is 0.228. The molecule has 0 saturated heterocycles. The van der Waals surface area contributed by atoms with Crippen molar-refractivity contribution in [2.24, 2.45) is 0 Å². The van der Waals surface area contributed by atoms with Gasteiger partial charge in [0.25, 0.3) is 0 Å². The van der Waals surface area contributed by atoms with Crippen molar-refractivity contribution >= 4 is 16.7 Å². The highest BCUT2D eigenvalue weighted by molar-refractivity contribution is 5.91. The molecule has 0 radical (unpaired) electrons. The van der Waals surface area contributed by atoms with Gasteiger partial charge in [-0.3, -0.25) is 4.98 Å². The molecule has 0 N–H and O–H groups in total. The number of hydrogen-bond donors (Lipinski definition) is 0. The summed E-state index contributed by atoms with van der Waals surface area (Å²) in [7, 11) is 3.18. The predicted molar refractivity (Wildman–Crippen MR) is 99.7 cm³/mol. The number of nitrogens with zero attached hydrogens (tertiary/aromatic N) is 1. The number of esters is 1. The zero-order chi connectivity index (χ0) is 18.7. The fraction of sp³-hybridized carbons (Fsp3) is 0.238. The zero-order valence-corrected chi connectivity index (χ0v) is 15.3. The first-order valence-corrected chi connectivity index (χ1v) is 8.26. The van der Waals surface area contributed by atoms with E-state index in [0.717, 1.165) is 10.8 Å². The molecule has 3 aromatic rings. The van der Waals surface area contributed by atoms with E-state index in [9.17, 15) is 4.79 Å². The maximum atomic E-state index is 12.5. The molecule has 1 heterocycles. The first-order valence-electron chi connectivity index (χ1n) is 8.26. The van der Waals surface area contributed by atoms with Crippen LogP contribution >= 0.6 is 0 Å². The molecular weight excluding hydrogens is 330 g/mol. The zero-order valence-electron chi connectivity index (χ0n) is 15.3. The highest BCUT2D eigenvalue weighted by Crippen LogP contribution is 2.37. The quantitative estimate of drug-likeness (QED) is 0.640. The van der Waals surface area contributed by atoms with Gasteiger partial charge >= 0.3 is 5.97 Å². The number of fused-ring (bicyclic) bond motifs is 1. The second kappa shape index (κ2) is 7.04. The summed E-state index contributed by atoms with van der Waals surface area (Å²) in [4.78, 5) is 17.0. The molecule has 0 atom stereocenters. The van der Waals surface area contributed by atoms with Crippen molar-refractivity contribution in [1.82, 2.24) is 4.98 Å². The number of carbonyl (C=O) groups excluding carboxylic acids is 1. The second-order valence-corrected chi connectivity index (χ2v) is 6.35. The normalized spacial score (nSPS) is 11.2. The van der Waals surface area contributed by atoms with E-state index in [4.69, 9.17) is 14.2 Å². The maximum absolute atomic E-state index is 12.5. The number of ether oxygens (including phenoxy) is 3. The Balaban J connectivity index is 2.04. The Labute approximate surface area is 152 Å². The van der Waals surface area contributed by atoms with E-state index in [-0.39, 0.29) is 0 Å². The van der Waals surface area contributed by atoms with Gasteiger partial charge in [0.15, 0.2) is 11.5 Å². The number of methoxy groups -OCH3 is 2. The van der Waals surface area contributed by atoms with Gasteiger partial charge in [-0.05, 0) is 49.6 Å². The predicted octanol–water partition coefficient (Wildman–Crippen LogP) is 4.34. The fourth-order valence-corrected chi connectivity index (χ4v) is 2.89. The van der Waals surface area contributed by atoms with Crippen molar-refractivity contribution in [2.75, 3.05) is 14.2 Å². The Hall–Kier alpha value is -3.08. The van der Waals surface area contributed by atoms with Crippen LogP contribution in [0, 0.1) is 0 Å². The number of hydrogen-bond acceptors (Lipinski definition) is 5. The van der Waals surface area contributed by atoms with Gasteiger partial charge in [0.2, 0.25) is 0 Å². The first kappa shape index (κ1) is 17.7. The van der Waals surface area contributed by atoms with Gasteiger partial charge in [-0.25, -0.2) is 4.79 Å². The average molecular weight is 351 g/mol. The van der Waals surface area contributed by atoms with Crippen LogP contribution in [0.4, 0.5) is 0 Å². The van der Waals surface area contributed by atoms with Crippen molar-refractivity contribution in [1.29, 1.82) is 0 Å². The molecule has 0 aliphatic carbocycles. The number of rotatable bonds is 5. The molecule has 26 heavy (non-hydrogen) atoms. The van der Waals surface area contributed by atoms with Crippen molar-refractivity contribution < 1.29 is 19.0 Å². The van der Waals surface area contributed by atoms with Crippen molar-refractivity contribution in [3.05, 3.63) is 66.0 Å². The topological polar surface area (TPSA) is 57.7 Å². The standard InChI is InChI=1S/C21H21NO4/c1-21(2,26-20(23)14-8-6-5-7-9-14)19-16-13-18(25-4)17(24-3)12-15(16)10-11-22-19/h5-13H,1-4H3. The summed E-state index contributed by atoms with van der Waals surface area (Å²) in [5.74, 6) is 0.838. The molecule has 0 amide bonds. The van der Waals surface area contributed by atoms with Crippen LogP contribution in [-0.2, 0) is 10.3 Å². The van der Waals surface area contributed by atoms with Gasteiger partial charge in [0, 0.05) is 11.6 Å². The lowest BCUT2D eigenvalue weighted by atomic mass is 9.97. The lowest BCUT2D eigenvalue weighted by Gasteiger charge is -2.26. The Bertz CT molecular complexity index is 935. The molecule has 2 aromatic carbocycles. The maximum Gasteiger partial charge on any atom is 0.339 e. The third-order valence-corrected chi connectivity index (χ3v) is 4.20. The minimum atomic E-state index is -0.925. The van der Waals surface area contributed by atoms with Crippen LogP contribution in [0.2, 0.25) is 0 Å². The third kappa shape index (κ3) is 3.33. The lowest BCUT2D eigenvalue weighted by molar-refractivity contribution is -0.00428. The molecule has 0 unspecified atom stereocenters. The van der Waals surface area contributed by atoms with E-state index >= 15 is 0 Å². The monoisotopic (exact) mass is 351 g/mol. The minimum absolute atomic E-state index is 0.394. The van der Waals surface area contributed by atoms with Crippen LogP contribution in [0.1, 0.15) is 29.9 Å². The lowest BCUT2D eigenvalue weighted by Crippen LogP contribution is -2.27. The highest BCUT2D eigenvalue weighted by atomic mass is 16.6. The second-order valence-electron chi connectivity index (χ2n) is 6.35. The molecule has 5 heteroatoms. The molecule has 0 fully saturated rings. The van der Waals surface area contributed by atoms with Gasteiger partial charge in [-0.1, -0.05) is 18.2 Å². The molecule has 0 aliphatic heterocycles. The van der Waals surface area contributed by atoms with Crippen molar-refractivity contribution in [3.63, 3.8) is 0 Å². The van der Waals surface area contributed by atoms with Crippen LogP contribution < -0.4 is 9.47 Å². The summed E-state index contributed by atoms with van der Waals surface area (Å²) in [6, 6.07) is 14.5. The summed E-state index contributed by atoms with van der Waals surface area (Å²) in [6.45, 7) is 3.65. The number of carbonyl (C=O) groups is 1. The van der Waals surface area contributed by atoms with Gasteiger partial charge in [0.1, 0.15) is 5.60 Å². The van der Waals surface area contributed by atoms with Gasteiger partial charge in [-0.2, -0.15) is 0 Å². The smallest absolute Gasteiger partial charge is 0.339 e. The summed E-state index contributed by atoms with van der Waals surface area (Å²) in [5, 5.41) is 1.77. The average Bonchev–Trinajstić information content (AvgIpc) is 2.66. The van der Waals surface area contributed by atoms with Crippen LogP contribution in [0.15, 0.2) is 54.7 Å². The SMILES string of the molecule is COc1cc2ccnc(C(C)(C)OC(=O)c3ccccc3)c2cc1OC. The van der Waals surface area contributed by atoms with Gasteiger partial charge in [-0.15, -0.1) is 0 Å². The van der Waals surface area contributed by atoms with Crippen LogP contribution in [0.5, 0.6) is 11.5 Å². The summed E-state index contributed by atoms with van der Waals surface area (Å²) < 4.78 is 16.5. The molecule has 3 rings (SSSR count). The molecule has 5 nitrogen and oxygen atoms in total. The number of pyridine rings is 1. The van der Waals surface area contributed by atoms with Crippen molar-refractivity contribution in [2.45, 2.75) is 19.4 Å². The van der Waals surface area contributed by atoms with Crippen LogP contribution in [0.25, 0.3) is 10.8 Å². The summed E-state index contributed by atoms with van der Waals surface area (Å²) >= 11 is 0. The fourth-order valence-electron chi connectivity index (χ4n) is 2.89. The van der Waals surface area contributed by atoms with Crippen molar-refractivity contribution in [3.8, 4) is 11.5 Å². The van der Waals surface area contributed by atoms with E-state index < -0.39 is 11.6 Å². The highest BCUT2D eigenvalue weighted by Gasteiger charge is 2.30. The molecule has 0 spiro atoms. The van der Waals surface area contributed by atoms with Crippen LogP contribution in [-0.4, -0.2) is 25.2 Å². The largest absolute Gasteiger partial charge is 0.493 e. The van der Waals surface area contributed by atoms with E-state index in [0.29, 0.717) is 22.8 Å². The molecule has 0 saturated carbocycles. The van der Waals surface area contributed by atoms with E-state index in [1.165, 1.54) is 0 Å². The Morgan fingerprint density at radius 3 is 2.27 bits per heavy atom. The van der Waals surface area contributed by atoms with E-state index in [1.54, 1.807) is 44.7 Å². The molecule has 134 valence electrons. The van der Waals surface area contributed by atoms with E-state index in [1.807, 2.05) is 38.1 Å². The molecule has 0 bridgehead atoms. The first-order chi connectivity index (χ1) is 12.5. The number of benzene rings is 2. The molecule has 1 aromatic heterocycles. The molecular formula is C21H21NO4. The Morgan fingerprint density at radius 1 is 0.962 bits per heavy atom. The van der Waals surface area contributed by atoms with Gasteiger partial charge < -0.3 is 14.2 Å². The van der Waals surface area contributed by atoms with Crippen LogP contribution in [0.3, 0.4) is 0 Å². The minimum Gasteiger partial charge on any atom is -0.493 e.